The SMILES string of the molecule is CCc1nn(C)c(CC(NC)c2ccccn2)c1Br. The molecule has 0 radical (unpaired) electrons. The first kappa shape index (κ1) is 14.2. The van der Waals surface area contributed by atoms with Crippen LogP contribution in [0.1, 0.15) is 30.0 Å². The van der Waals surface area contributed by atoms with E-state index in [0.717, 1.165) is 28.7 Å². The molecule has 102 valence electrons. The van der Waals surface area contributed by atoms with Crippen LogP contribution in [-0.2, 0) is 19.9 Å². The molecular weight excluding hydrogens is 304 g/mol. The summed E-state index contributed by atoms with van der Waals surface area (Å²) in [5.74, 6) is 0. The van der Waals surface area contributed by atoms with Crippen LogP contribution in [0.5, 0.6) is 0 Å². The molecule has 4 nitrogen and oxygen atoms in total. The maximum absolute atomic E-state index is 4.53. The third kappa shape index (κ3) is 3.04. The molecule has 2 aromatic heterocycles. The molecule has 0 saturated carbocycles. The minimum atomic E-state index is 0.192. The molecule has 1 N–H and O–H groups in total. The zero-order chi connectivity index (χ0) is 13.8. The first-order valence-corrected chi connectivity index (χ1v) is 7.25. The molecule has 0 aliphatic heterocycles. The summed E-state index contributed by atoms with van der Waals surface area (Å²) in [6.45, 7) is 2.12. The minimum Gasteiger partial charge on any atom is -0.311 e. The topological polar surface area (TPSA) is 42.7 Å². The van der Waals surface area contributed by atoms with Gasteiger partial charge in [-0.25, -0.2) is 0 Å². The van der Waals surface area contributed by atoms with Gasteiger partial charge in [0, 0.05) is 19.7 Å². The van der Waals surface area contributed by atoms with Crippen LogP contribution in [0, 0.1) is 0 Å². The third-order valence-electron chi connectivity index (χ3n) is 3.29. The summed E-state index contributed by atoms with van der Waals surface area (Å²) in [7, 11) is 3.95. The number of halogens is 1. The van der Waals surface area contributed by atoms with Crippen LogP contribution in [0.2, 0.25) is 0 Å². The van der Waals surface area contributed by atoms with Gasteiger partial charge < -0.3 is 5.32 Å². The van der Waals surface area contributed by atoms with Gasteiger partial charge in [-0.3, -0.25) is 9.67 Å². The van der Waals surface area contributed by atoms with E-state index in [2.05, 4.69) is 38.3 Å². The molecule has 1 atom stereocenters. The number of nitrogens with one attached hydrogen (secondary N) is 1. The van der Waals surface area contributed by atoms with Crippen molar-refractivity contribution in [3.63, 3.8) is 0 Å². The number of hydrogen-bond donors (Lipinski definition) is 1. The third-order valence-corrected chi connectivity index (χ3v) is 4.21. The highest BCUT2D eigenvalue weighted by atomic mass is 79.9. The van der Waals surface area contributed by atoms with Crippen molar-refractivity contribution in [2.24, 2.45) is 7.05 Å². The Balaban J connectivity index is 2.26. The number of likely N-dealkylation sites (N-methyl/N-ethyl adjacent to an activating group) is 1. The molecule has 0 saturated heterocycles. The van der Waals surface area contributed by atoms with Crippen LogP contribution >= 0.6 is 15.9 Å². The van der Waals surface area contributed by atoms with E-state index in [9.17, 15) is 0 Å². The van der Waals surface area contributed by atoms with E-state index < -0.39 is 0 Å². The molecule has 0 amide bonds. The van der Waals surface area contributed by atoms with Crippen LogP contribution in [0.25, 0.3) is 0 Å². The standard InChI is InChI=1S/C14H19BrN4/c1-4-10-14(15)13(19(3)18-10)9-12(16-2)11-7-5-6-8-17-11/h5-8,12,16H,4,9H2,1-3H3. The summed E-state index contributed by atoms with van der Waals surface area (Å²) < 4.78 is 3.07. The number of rotatable bonds is 5. The highest BCUT2D eigenvalue weighted by molar-refractivity contribution is 9.10. The second-order valence-electron chi connectivity index (χ2n) is 4.48. The first-order chi connectivity index (χ1) is 9.17. The molecule has 2 rings (SSSR count). The Bertz CT molecular complexity index is 536. The van der Waals surface area contributed by atoms with Gasteiger partial charge in [-0.1, -0.05) is 13.0 Å². The summed E-state index contributed by atoms with van der Waals surface area (Å²) >= 11 is 3.66. The molecule has 0 bridgehead atoms. The zero-order valence-corrected chi connectivity index (χ0v) is 13.1. The normalized spacial score (nSPS) is 12.6. The molecule has 0 aromatic carbocycles. The van der Waals surface area contributed by atoms with Crippen molar-refractivity contribution >= 4 is 15.9 Å². The molecule has 5 heteroatoms. The van der Waals surface area contributed by atoms with Gasteiger partial charge in [0.15, 0.2) is 0 Å². The average Bonchev–Trinajstić information content (AvgIpc) is 2.72. The fourth-order valence-corrected chi connectivity index (χ4v) is 2.95. The lowest BCUT2D eigenvalue weighted by atomic mass is 10.1. The summed E-state index contributed by atoms with van der Waals surface area (Å²) in [5.41, 5.74) is 3.35. The van der Waals surface area contributed by atoms with Gasteiger partial charge in [0.25, 0.3) is 0 Å². The van der Waals surface area contributed by atoms with E-state index >= 15 is 0 Å². The van der Waals surface area contributed by atoms with E-state index in [0.29, 0.717) is 0 Å². The van der Waals surface area contributed by atoms with Crippen molar-refractivity contribution in [2.45, 2.75) is 25.8 Å². The molecule has 0 spiro atoms. The quantitative estimate of drug-likeness (QED) is 0.920. The van der Waals surface area contributed by atoms with Gasteiger partial charge in [-0.2, -0.15) is 5.10 Å². The van der Waals surface area contributed by atoms with Gasteiger partial charge in [0.1, 0.15) is 0 Å². The van der Waals surface area contributed by atoms with Crippen molar-refractivity contribution < 1.29 is 0 Å². The molecule has 2 aromatic rings. The molecular formula is C14H19BrN4. The highest BCUT2D eigenvalue weighted by Crippen LogP contribution is 2.26. The van der Waals surface area contributed by atoms with Crippen molar-refractivity contribution in [3.05, 3.63) is 46.0 Å². The van der Waals surface area contributed by atoms with Gasteiger partial charge in [0.2, 0.25) is 0 Å². The van der Waals surface area contributed by atoms with Crippen molar-refractivity contribution in [1.82, 2.24) is 20.1 Å². The number of hydrogen-bond acceptors (Lipinski definition) is 3. The van der Waals surface area contributed by atoms with E-state index in [1.807, 2.05) is 43.2 Å². The number of nitrogens with zero attached hydrogens (tertiary/aromatic N) is 3. The van der Waals surface area contributed by atoms with Gasteiger partial charge in [-0.05, 0) is 41.5 Å². The molecule has 0 aliphatic carbocycles. The number of aryl methyl sites for hydroxylation is 2. The summed E-state index contributed by atoms with van der Waals surface area (Å²) in [6, 6.07) is 6.19. The fourth-order valence-electron chi connectivity index (χ4n) is 2.17. The van der Waals surface area contributed by atoms with Crippen molar-refractivity contribution in [2.75, 3.05) is 7.05 Å². The predicted molar refractivity (Wildman–Crippen MR) is 80.0 cm³/mol. The average molecular weight is 323 g/mol. The lowest BCUT2D eigenvalue weighted by Gasteiger charge is -2.16. The van der Waals surface area contributed by atoms with Crippen LogP contribution in [0.15, 0.2) is 28.9 Å². The Kier molecular flexibility index (Phi) is 4.71. The zero-order valence-electron chi connectivity index (χ0n) is 11.5. The van der Waals surface area contributed by atoms with E-state index in [-0.39, 0.29) is 6.04 Å². The molecule has 0 aliphatic rings. The Morgan fingerprint density at radius 3 is 2.74 bits per heavy atom. The Hall–Kier alpha value is -1.20. The van der Waals surface area contributed by atoms with Crippen LogP contribution < -0.4 is 5.32 Å². The van der Waals surface area contributed by atoms with Crippen molar-refractivity contribution in [1.29, 1.82) is 0 Å². The van der Waals surface area contributed by atoms with E-state index in [1.165, 1.54) is 5.69 Å². The summed E-state index contributed by atoms with van der Waals surface area (Å²) in [6.07, 6.45) is 3.62. The van der Waals surface area contributed by atoms with Gasteiger partial charge >= 0.3 is 0 Å². The van der Waals surface area contributed by atoms with Crippen LogP contribution in [-0.4, -0.2) is 21.8 Å². The van der Waals surface area contributed by atoms with E-state index in [4.69, 9.17) is 0 Å². The second kappa shape index (κ2) is 6.30. The summed E-state index contributed by atoms with van der Waals surface area (Å²) in [4.78, 5) is 4.42. The molecule has 1 unspecified atom stereocenters. The number of aromatic nitrogens is 3. The largest absolute Gasteiger partial charge is 0.311 e. The predicted octanol–water partition coefficient (Wildman–Crippen LogP) is 2.64. The fraction of sp³-hybridized carbons (Fsp3) is 0.429. The van der Waals surface area contributed by atoms with Crippen LogP contribution in [0.3, 0.4) is 0 Å². The highest BCUT2D eigenvalue weighted by Gasteiger charge is 2.18. The monoisotopic (exact) mass is 322 g/mol. The molecule has 0 fully saturated rings. The maximum atomic E-state index is 4.53. The van der Waals surface area contributed by atoms with Crippen LogP contribution in [0.4, 0.5) is 0 Å². The smallest absolute Gasteiger partial charge is 0.0766 e. The Morgan fingerprint density at radius 2 is 2.21 bits per heavy atom. The first-order valence-electron chi connectivity index (χ1n) is 6.45. The molecule has 19 heavy (non-hydrogen) atoms. The lowest BCUT2D eigenvalue weighted by molar-refractivity contribution is 0.547. The van der Waals surface area contributed by atoms with Gasteiger partial charge in [-0.15, -0.1) is 0 Å². The van der Waals surface area contributed by atoms with E-state index in [1.54, 1.807) is 0 Å². The number of pyridine rings is 1. The Morgan fingerprint density at radius 1 is 1.42 bits per heavy atom. The van der Waals surface area contributed by atoms with Gasteiger partial charge in [0.05, 0.1) is 27.6 Å². The lowest BCUT2D eigenvalue weighted by Crippen LogP contribution is -2.21. The minimum absolute atomic E-state index is 0.192. The Labute approximate surface area is 122 Å². The molecule has 2 heterocycles. The maximum Gasteiger partial charge on any atom is 0.0766 e. The summed E-state index contributed by atoms with van der Waals surface area (Å²) in [5, 5.41) is 7.86. The second-order valence-corrected chi connectivity index (χ2v) is 5.28. The van der Waals surface area contributed by atoms with Crippen molar-refractivity contribution in [3.8, 4) is 0 Å².